The number of hydrogen-bond acceptors (Lipinski definition) is 5. The molecule has 0 N–H and O–H groups in total. The third-order valence-corrected chi connectivity index (χ3v) is 3.54. The van der Waals surface area contributed by atoms with Gasteiger partial charge in [-0.05, 0) is 29.8 Å². The number of benzene rings is 1. The third kappa shape index (κ3) is 3.23. The molecule has 1 fully saturated rings. The number of hydrogen-bond donors (Lipinski definition) is 0. The average molecular weight is 329 g/mol. The molecule has 2 aromatic rings. The smallest absolute Gasteiger partial charge is 0.230 e. The Balaban J connectivity index is 2.00. The van der Waals surface area contributed by atoms with Crippen LogP contribution in [-0.4, -0.2) is 41.3 Å². The van der Waals surface area contributed by atoms with Gasteiger partial charge in [-0.25, -0.2) is 4.39 Å². The fraction of sp³-hybridized carbons (Fsp3) is 0.308. The van der Waals surface area contributed by atoms with Crippen LogP contribution in [0.3, 0.4) is 0 Å². The van der Waals surface area contributed by atoms with Crippen molar-refractivity contribution in [2.24, 2.45) is 0 Å². The van der Waals surface area contributed by atoms with Gasteiger partial charge in [-0.3, -0.25) is 0 Å². The highest BCUT2D eigenvalue weighted by Gasteiger charge is 2.17. The summed E-state index contributed by atoms with van der Waals surface area (Å²) in [7, 11) is 0. The third-order valence-electron chi connectivity index (χ3n) is 3.06. The quantitative estimate of drug-likeness (QED) is 0.848. The van der Waals surface area contributed by atoms with Crippen LogP contribution in [0.5, 0.6) is 0 Å². The van der Waals surface area contributed by atoms with Crippen LogP contribution >= 0.6 is 23.2 Å². The van der Waals surface area contributed by atoms with Gasteiger partial charge < -0.3 is 9.64 Å². The van der Waals surface area contributed by atoms with Crippen molar-refractivity contribution in [2.45, 2.75) is 0 Å². The predicted octanol–water partition coefficient (Wildman–Crippen LogP) is 2.82. The van der Waals surface area contributed by atoms with E-state index in [1.807, 2.05) is 4.90 Å². The van der Waals surface area contributed by atoms with E-state index in [0.29, 0.717) is 43.6 Å². The van der Waals surface area contributed by atoms with Crippen molar-refractivity contribution in [1.82, 2.24) is 15.0 Å². The molecule has 110 valence electrons. The summed E-state index contributed by atoms with van der Waals surface area (Å²) in [6.45, 7) is 2.57. The molecule has 1 aliphatic heterocycles. The number of morpholine rings is 1. The molecular weight excluding hydrogens is 318 g/mol. The van der Waals surface area contributed by atoms with Crippen LogP contribution in [0.2, 0.25) is 10.3 Å². The highest BCUT2D eigenvalue weighted by atomic mass is 35.5. The van der Waals surface area contributed by atoms with E-state index in [0.717, 1.165) is 0 Å². The van der Waals surface area contributed by atoms with Gasteiger partial charge in [0.1, 0.15) is 5.82 Å². The standard InChI is InChI=1S/C13H11Cl2FN4O/c14-10-7-8(16)1-2-9(10)11-17-12(15)19-13(18-11)20-3-5-21-6-4-20/h1-2,7H,3-6H2. The minimum atomic E-state index is -0.419. The van der Waals surface area contributed by atoms with Gasteiger partial charge in [0.25, 0.3) is 0 Å². The maximum atomic E-state index is 13.1. The molecule has 8 heteroatoms. The first-order chi connectivity index (χ1) is 10.1. The highest BCUT2D eigenvalue weighted by molar-refractivity contribution is 6.33. The predicted molar refractivity (Wildman–Crippen MR) is 78.3 cm³/mol. The zero-order chi connectivity index (χ0) is 14.8. The summed E-state index contributed by atoms with van der Waals surface area (Å²) in [4.78, 5) is 14.5. The van der Waals surface area contributed by atoms with Gasteiger partial charge in [-0.2, -0.15) is 15.0 Å². The van der Waals surface area contributed by atoms with Crippen molar-refractivity contribution >= 4 is 29.2 Å². The fourth-order valence-corrected chi connectivity index (χ4v) is 2.44. The van der Waals surface area contributed by atoms with Crippen molar-refractivity contribution in [3.8, 4) is 11.4 Å². The van der Waals surface area contributed by atoms with Gasteiger partial charge in [-0.15, -0.1) is 0 Å². The zero-order valence-corrected chi connectivity index (χ0v) is 12.4. The van der Waals surface area contributed by atoms with E-state index in [1.54, 1.807) is 0 Å². The first-order valence-electron chi connectivity index (χ1n) is 6.33. The largest absolute Gasteiger partial charge is 0.378 e. The lowest BCUT2D eigenvalue weighted by Crippen LogP contribution is -2.37. The summed E-state index contributed by atoms with van der Waals surface area (Å²) in [6.07, 6.45) is 0. The lowest BCUT2D eigenvalue weighted by atomic mass is 10.2. The van der Waals surface area contributed by atoms with Crippen molar-refractivity contribution in [2.75, 3.05) is 31.2 Å². The molecule has 0 aliphatic carbocycles. The Labute approximate surface area is 130 Å². The Bertz CT molecular complexity index is 665. The number of aromatic nitrogens is 3. The molecule has 1 aliphatic rings. The Morgan fingerprint density at radius 1 is 1.10 bits per heavy atom. The summed E-state index contributed by atoms with van der Waals surface area (Å²) >= 11 is 12.0. The van der Waals surface area contributed by atoms with E-state index in [-0.39, 0.29) is 10.3 Å². The highest BCUT2D eigenvalue weighted by Crippen LogP contribution is 2.27. The lowest BCUT2D eigenvalue weighted by Gasteiger charge is -2.26. The van der Waals surface area contributed by atoms with Crippen molar-refractivity contribution < 1.29 is 9.13 Å². The molecule has 1 aromatic carbocycles. The minimum Gasteiger partial charge on any atom is -0.378 e. The topological polar surface area (TPSA) is 51.1 Å². The molecule has 1 saturated heterocycles. The van der Waals surface area contributed by atoms with Crippen LogP contribution in [0, 0.1) is 5.82 Å². The number of ether oxygens (including phenoxy) is 1. The summed E-state index contributed by atoms with van der Waals surface area (Å²) in [5.41, 5.74) is 0.511. The second kappa shape index (κ2) is 6.09. The van der Waals surface area contributed by atoms with Crippen LogP contribution in [0.25, 0.3) is 11.4 Å². The van der Waals surface area contributed by atoms with Crippen LogP contribution in [0.15, 0.2) is 18.2 Å². The molecule has 1 aromatic heterocycles. The van der Waals surface area contributed by atoms with Gasteiger partial charge >= 0.3 is 0 Å². The van der Waals surface area contributed by atoms with Gasteiger partial charge in [0.2, 0.25) is 11.2 Å². The number of halogens is 3. The van der Waals surface area contributed by atoms with Gasteiger partial charge in [-0.1, -0.05) is 11.6 Å². The Hall–Kier alpha value is -1.50. The molecule has 0 amide bonds. The normalized spacial score (nSPS) is 15.3. The molecule has 3 rings (SSSR count). The Kier molecular flexibility index (Phi) is 4.19. The zero-order valence-electron chi connectivity index (χ0n) is 10.9. The second-order valence-corrected chi connectivity index (χ2v) is 5.20. The maximum Gasteiger partial charge on any atom is 0.230 e. The van der Waals surface area contributed by atoms with E-state index < -0.39 is 5.82 Å². The molecule has 0 bridgehead atoms. The van der Waals surface area contributed by atoms with Gasteiger partial charge in [0, 0.05) is 18.7 Å². The van der Waals surface area contributed by atoms with E-state index in [9.17, 15) is 4.39 Å². The number of nitrogens with zero attached hydrogens (tertiary/aromatic N) is 4. The summed E-state index contributed by atoms with van der Waals surface area (Å²) < 4.78 is 18.4. The summed E-state index contributed by atoms with van der Waals surface area (Å²) in [5.74, 6) is 0.368. The van der Waals surface area contributed by atoms with E-state index >= 15 is 0 Å². The minimum absolute atomic E-state index is 0.0712. The fourth-order valence-electron chi connectivity index (χ4n) is 2.04. The summed E-state index contributed by atoms with van der Waals surface area (Å²) in [6, 6.07) is 4.03. The van der Waals surface area contributed by atoms with Crippen LogP contribution < -0.4 is 4.90 Å². The Morgan fingerprint density at radius 2 is 1.86 bits per heavy atom. The number of rotatable bonds is 2. The monoisotopic (exact) mass is 328 g/mol. The van der Waals surface area contributed by atoms with Gasteiger partial charge in [0.05, 0.1) is 18.2 Å². The first-order valence-corrected chi connectivity index (χ1v) is 7.09. The first kappa shape index (κ1) is 14.4. The van der Waals surface area contributed by atoms with E-state index in [2.05, 4.69) is 15.0 Å². The SMILES string of the molecule is Fc1ccc(-c2nc(Cl)nc(N3CCOCC3)n2)c(Cl)c1. The molecule has 0 spiro atoms. The van der Waals surface area contributed by atoms with E-state index in [4.69, 9.17) is 27.9 Å². The molecule has 21 heavy (non-hydrogen) atoms. The summed E-state index contributed by atoms with van der Waals surface area (Å²) in [5, 5.41) is 0.298. The molecule has 5 nitrogen and oxygen atoms in total. The van der Waals surface area contributed by atoms with Crippen LogP contribution in [0.4, 0.5) is 10.3 Å². The van der Waals surface area contributed by atoms with Crippen molar-refractivity contribution in [1.29, 1.82) is 0 Å². The van der Waals surface area contributed by atoms with Crippen LogP contribution in [-0.2, 0) is 4.74 Å². The molecule has 2 heterocycles. The molecule has 0 radical (unpaired) electrons. The maximum absolute atomic E-state index is 13.1. The Morgan fingerprint density at radius 3 is 2.57 bits per heavy atom. The molecular formula is C13H11Cl2FN4O. The molecule has 0 unspecified atom stereocenters. The van der Waals surface area contributed by atoms with Crippen molar-refractivity contribution in [3.05, 3.63) is 34.3 Å². The second-order valence-electron chi connectivity index (χ2n) is 4.45. The van der Waals surface area contributed by atoms with Gasteiger partial charge in [0.15, 0.2) is 5.82 Å². The number of anilines is 1. The molecule has 0 saturated carbocycles. The average Bonchev–Trinajstić information content (AvgIpc) is 2.47. The van der Waals surface area contributed by atoms with E-state index in [1.165, 1.54) is 18.2 Å². The lowest BCUT2D eigenvalue weighted by molar-refractivity contribution is 0.122. The molecule has 0 atom stereocenters. The van der Waals surface area contributed by atoms with Crippen LogP contribution in [0.1, 0.15) is 0 Å². The van der Waals surface area contributed by atoms with Crippen molar-refractivity contribution in [3.63, 3.8) is 0 Å².